The minimum atomic E-state index is 0.202. The van der Waals surface area contributed by atoms with E-state index in [1.807, 2.05) is 0 Å². The summed E-state index contributed by atoms with van der Waals surface area (Å²) in [7, 11) is 0. The summed E-state index contributed by atoms with van der Waals surface area (Å²) in [5.74, 6) is 0.669. The maximum atomic E-state index is 6.45. The topological polar surface area (TPSA) is 29.3 Å². The van der Waals surface area contributed by atoms with Crippen molar-refractivity contribution in [3.8, 4) is 0 Å². The first-order valence-electron chi connectivity index (χ1n) is 7.81. The third-order valence-electron chi connectivity index (χ3n) is 3.92. The Balaban J connectivity index is 2.14. The Hall–Kier alpha value is -0.730. The van der Waals surface area contributed by atoms with E-state index in [2.05, 4.69) is 43.9 Å². The third-order valence-corrected chi connectivity index (χ3v) is 4.28. The second kappa shape index (κ2) is 6.82. The molecule has 1 aromatic rings. The average molecular weight is 295 g/mol. The van der Waals surface area contributed by atoms with Gasteiger partial charge in [0.2, 0.25) is 0 Å². The lowest BCUT2D eigenvalue weighted by molar-refractivity contribution is 0.607. The Labute approximate surface area is 128 Å². The number of hydrogen-bond donors (Lipinski definition) is 1. The Bertz CT molecular complexity index is 441. The molecule has 2 rings (SSSR count). The average Bonchev–Trinajstić information content (AvgIpc) is 3.22. The number of hydrogen-bond acceptors (Lipinski definition) is 2. The summed E-state index contributed by atoms with van der Waals surface area (Å²) < 4.78 is 0. The summed E-state index contributed by atoms with van der Waals surface area (Å²) in [6, 6.07) is 7.42. The van der Waals surface area contributed by atoms with E-state index in [4.69, 9.17) is 17.3 Å². The van der Waals surface area contributed by atoms with Gasteiger partial charge < -0.3 is 10.6 Å². The number of halogens is 1. The smallest absolute Gasteiger partial charge is 0.0459 e. The fourth-order valence-electron chi connectivity index (χ4n) is 2.55. The van der Waals surface area contributed by atoms with Crippen molar-refractivity contribution in [2.75, 3.05) is 11.4 Å². The van der Waals surface area contributed by atoms with Crippen molar-refractivity contribution in [1.82, 2.24) is 0 Å². The Kier molecular flexibility index (Phi) is 5.34. The lowest BCUT2D eigenvalue weighted by Crippen LogP contribution is -2.29. The molecule has 0 amide bonds. The van der Waals surface area contributed by atoms with Crippen LogP contribution in [0.2, 0.25) is 5.02 Å². The molecule has 1 aliphatic rings. The fraction of sp³-hybridized carbons (Fsp3) is 0.647. The van der Waals surface area contributed by atoms with Crippen molar-refractivity contribution in [3.05, 3.63) is 28.8 Å². The number of rotatable bonds is 7. The molecule has 0 saturated heterocycles. The zero-order chi connectivity index (χ0) is 14.7. The number of anilines is 1. The monoisotopic (exact) mass is 294 g/mol. The molecule has 112 valence electrons. The SMILES string of the molecule is CCC(N)Cc1ccc(N(CC(C)C)C2CC2)cc1Cl. The van der Waals surface area contributed by atoms with E-state index in [9.17, 15) is 0 Å². The van der Waals surface area contributed by atoms with E-state index in [0.717, 1.165) is 30.5 Å². The molecule has 0 aromatic heterocycles. The Morgan fingerprint density at radius 1 is 1.35 bits per heavy atom. The van der Waals surface area contributed by atoms with Crippen LogP contribution in [0.4, 0.5) is 5.69 Å². The van der Waals surface area contributed by atoms with E-state index >= 15 is 0 Å². The molecule has 1 atom stereocenters. The highest BCUT2D eigenvalue weighted by Crippen LogP contribution is 2.34. The van der Waals surface area contributed by atoms with Crippen LogP contribution in [-0.4, -0.2) is 18.6 Å². The number of nitrogens with zero attached hydrogens (tertiary/aromatic N) is 1. The maximum absolute atomic E-state index is 6.45. The van der Waals surface area contributed by atoms with Crippen molar-refractivity contribution >= 4 is 17.3 Å². The molecule has 1 unspecified atom stereocenters. The molecule has 20 heavy (non-hydrogen) atoms. The van der Waals surface area contributed by atoms with Crippen molar-refractivity contribution in [2.24, 2.45) is 11.7 Å². The second-order valence-electron chi connectivity index (χ2n) is 6.43. The molecule has 0 aliphatic heterocycles. The van der Waals surface area contributed by atoms with Crippen LogP contribution >= 0.6 is 11.6 Å². The van der Waals surface area contributed by atoms with Gasteiger partial charge in [-0.15, -0.1) is 0 Å². The van der Waals surface area contributed by atoms with Gasteiger partial charge in [-0.05, 0) is 49.3 Å². The Morgan fingerprint density at radius 3 is 2.55 bits per heavy atom. The third kappa shape index (κ3) is 4.13. The van der Waals surface area contributed by atoms with Crippen molar-refractivity contribution < 1.29 is 0 Å². The summed E-state index contributed by atoms with van der Waals surface area (Å²) >= 11 is 6.45. The molecule has 1 fully saturated rings. The zero-order valence-electron chi connectivity index (χ0n) is 12.9. The van der Waals surface area contributed by atoms with Gasteiger partial charge in [0, 0.05) is 29.3 Å². The highest BCUT2D eigenvalue weighted by atomic mass is 35.5. The van der Waals surface area contributed by atoms with E-state index in [0.29, 0.717) is 5.92 Å². The second-order valence-corrected chi connectivity index (χ2v) is 6.83. The largest absolute Gasteiger partial charge is 0.368 e. The van der Waals surface area contributed by atoms with Gasteiger partial charge in [0.05, 0.1) is 0 Å². The first-order chi connectivity index (χ1) is 9.51. The normalized spacial score (nSPS) is 16.5. The lowest BCUT2D eigenvalue weighted by Gasteiger charge is -2.27. The van der Waals surface area contributed by atoms with Gasteiger partial charge in [0.1, 0.15) is 0 Å². The van der Waals surface area contributed by atoms with Gasteiger partial charge >= 0.3 is 0 Å². The molecule has 1 saturated carbocycles. The first-order valence-corrected chi connectivity index (χ1v) is 8.19. The number of benzene rings is 1. The van der Waals surface area contributed by atoms with Crippen LogP contribution in [0.3, 0.4) is 0 Å². The van der Waals surface area contributed by atoms with Gasteiger partial charge in [-0.3, -0.25) is 0 Å². The van der Waals surface area contributed by atoms with Gasteiger partial charge in [-0.2, -0.15) is 0 Å². The van der Waals surface area contributed by atoms with Crippen LogP contribution in [-0.2, 0) is 6.42 Å². The first kappa shape index (κ1) is 15.7. The van der Waals surface area contributed by atoms with Crippen LogP contribution in [0.1, 0.15) is 45.6 Å². The molecular formula is C17H27ClN2. The summed E-state index contributed by atoms with van der Waals surface area (Å²) in [5.41, 5.74) is 8.46. The van der Waals surface area contributed by atoms with Crippen LogP contribution in [0.25, 0.3) is 0 Å². The highest BCUT2D eigenvalue weighted by molar-refractivity contribution is 6.31. The van der Waals surface area contributed by atoms with Crippen molar-refractivity contribution in [2.45, 2.75) is 58.5 Å². The fourth-order valence-corrected chi connectivity index (χ4v) is 2.80. The van der Waals surface area contributed by atoms with Crippen molar-refractivity contribution in [3.63, 3.8) is 0 Å². The van der Waals surface area contributed by atoms with Crippen LogP contribution in [0, 0.1) is 5.92 Å². The van der Waals surface area contributed by atoms with E-state index in [1.54, 1.807) is 0 Å². The Morgan fingerprint density at radius 2 is 2.05 bits per heavy atom. The van der Waals surface area contributed by atoms with E-state index < -0.39 is 0 Å². The minimum absolute atomic E-state index is 0.202. The molecule has 2 N–H and O–H groups in total. The molecule has 1 aromatic carbocycles. The van der Waals surface area contributed by atoms with Gasteiger partial charge in [0.15, 0.2) is 0 Å². The van der Waals surface area contributed by atoms with Gasteiger partial charge in [-0.1, -0.05) is 38.4 Å². The predicted molar refractivity (Wildman–Crippen MR) is 88.6 cm³/mol. The summed E-state index contributed by atoms with van der Waals surface area (Å²) in [5, 5.41) is 0.862. The van der Waals surface area contributed by atoms with Crippen LogP contribution < -0.4 is 10.6 Å². The molecule has 0 radical (unpaired) electrons. The van der Waals surface area contributed by atoms with Crippen molar-refractivity contribution in [1.29, 1.82) is 0 Å². The predicted octanol–water partition coefficient (Wildman–Crippen LogP) is 4.24. The highest BCUT2D eigenvalue weighted by Gasteiger charge is 2.29. The minimum Gasteiger partial charge on any atom is -0.368 e. The van der Waals surface area contributed by atoms with E-state index in [1.165, 1.54) is 24.1 Å². The quantitative estimate of drug-likeness (QED) is 0.815. The summed E-state index contributed by atoms with van der Waals surface area (Å²) in [4.78, 5) is 2.51. The standard InChI is InChI=1S/C17H27ClN2/c1-4-14(19)9-13-5-6-16(10-17(13)18)20(11-12(2)3)15-7-8-15/h5-6,10,12,14-15H,4,7-9,11,19H2,1-3H3. The molecule has 1 aliphatic carbocycles. The molecular weight excluding hydrogens is 268 g/mol. The lowest BCUT2D eigenvalue weighted by atomic mass is 10.0. The summed E-state index contributed by atoms with van der Waals surface area (Å²) in [6.45, 7) is 7.76. The number of nitrogens with two attached hydrogens (primary N) is 1. The molecule has 3 heteroatoms. The van der Waals surface area contributed by atoms with E-state index in [-0.39, 0.29) is 6.04 Å². The summed E-state index contributed by atoms with van der Waals surface area (Å²) in [6.07, 6.45) is 4.47. The zero-order valence-corrected chi connectivity index (χ0v) is 13.7. The van der Waals surface area contributed by atoms with Crippen LogP contribution in [0.5, 0.6) is 0 Å². The van der Waals surface area contributed by atoms with Gasteiger partial charge in [-0.25, -0.2) is 0 Å². The van der Waals surface area contributed by atoms with Crippen LogP contribution in [0.15, 0.2) is 18.2 Å². The maximum Gasteiger partial charge on any atom is 0.0459 e. The molecule has 0 heterocycles. The molecule has 0 spiro atoms. The molecule has 2 nitrogen and oxygen atoms in total. The molecule has 0 bridgehead atoms. The van der Waals surface area contributed by atoms with Gasteiger partial charge in [0.25, 0.3) is 0 Å².